The molecule has 0 saturated carbocycles. The number of nitrogens with zero attached hydrogens (tertiary/aromatic N) is 4. The fourth-order valence-corrected chi connectivity index (χ4v) is 3.65. The Morgan fingerprint density at radius 1 is 0.969 bits per heavy atom. The molecule has 13 nitrogen and oxygen atoms in total. The predicted molar refractivity (Wildman–Crippen MR) is 112 cm³/mol. The average Bonchev–Trinajstić information content (AvgIpc) is 2.74. The van der Waals surface area contributed by atoms with Gasteiger partial charge in [0.25, 0.3) is 27.3 Å². The molecular weight excluding hydrogens is 468 g/mol. The minimum absolute atomic E-state index is 0.129. The maximum Gasteiger partial charge on any atom is 0.295 e. The SMILES string of the molecule is O=C(Nc1ccc(S(=O)(=O)Nc2ncccn2)cc1)c1cc([N+](=O)[O-])c(Cl)c([N+](=O)[O-])c1. The number of nitro benzene ring substituents is 2. The number of rotatable bonds is 7. The molecule has 1 heterocycles. The van der Waals surface area contributed by atoms with Crippen LogP contribution in [-0.2, 0) is 10.0 Å². The van der Waals surface area contributed by atoms with Gasteiger partial charge in [0, 0.05) is 30.2 Å². The molecule has 15 heteroatoms. The van der Waals surface area contributed by atoms with Crippen LogP contribution >= 0.6 is 11.6 Å². The first-order valence-electron chi connectivity index (χ1n) is 8.42. The Morgan fingerprint density at radius 2 is 1.50 bits per heavy atom. The zero-order chi connectivity index (χ0) is 23.5. The lowest BCUT2D eigenvalue weighted by atomic mass is 10.1. The summed E-state index contributed by atoms with van der Waals surface area (Å²) in [7, 11) is -4.00. The second-order valence-corrected chi connectivity index (χ2v) is 8.06. The van der Waals surface area contributed by atoms with E-state index in [0.29, 0.717) is 0 Å². The lowest BCUT2D eigenvalue weighted by molar-refractivity contribution is -0.393. The van der Waals surface area contributed by atoms with E-state index in [2.05, 4.69) is 20.0 Å². The van der Waals surface area contributed by atoms with Crippen LogP contribution in [0.15, 0.2) is 59.8 Å². The minimum atomic E-state index is -4.00. The van der Waals surface area contributed by atoms with Crippen LogP contribution in [0, 0.1) is 20.2 Å². The van der Waals surface area contributed by atoms with Crippen molar-refractivity contribution in [3.8, 4) is 0 Å². The third-order valence-electron chi connectivity index (χ3n) is 3.90. The van der Waals surface area contributed by atoms with E-state index in [1.165, 1.54) is 42.7 Å². The van der Waals surface area contributed by atoms with E-state index in [-0.39, 0.29) is 22.1 Å². The zero-order valence-electron chi connectivity index (χ0n) is 15.6. The largest absolute Gasteiger partial charge is 0.322 e. The quantitative estimate of drug-likeness (QED) is 0.380. The van der Waals surface area contributed by atoms with Crippen LogP contribution in [0.5, 0.6) is 0 Å². The Morgan fingerprint density at radius 3 is 2.00 bits per heavy atom. The van der Waals surface area contributed by atoms with E-state index in [0.717, 1.165) is 12.1 Å². The summed E-state index contributed by atoms with van der Waals surface area (Å²) >= 11 is 5.67. The molecule has 2 N–H and O–H groups in total. The molecule has 32 heavy (non-hydrogen) atoms. The summed E-state index contributed by atoms with van der Waals surface area (Å²) in [5.74, 6) is -1.03. The Hall–Kier alpha value is -4.17. The summed E-state index contributed by atoms with van der Waals surface area (Å²) in [6, 6.07) is 8.01. The number of nitro groups is 2. The van der Waals surface area contributed by atoms with Gasteiger partial charge in [-0.3, -0.25) is 25.0 Å². The number of hydrogen-bond donors (Lipinski definition) is 2. The van der Waals surface area contributed by atoms with Crippen LogP contribution < -0.4 is 10.0 Å². The van der Waals surface area contributed by atoms with Gasteiger partial charge in [-0.2, -0.15) is 0 Å². The van der Waals surface area contributed by atoms with E-state index in [4.69, 9.17) is 11.6 Å². The highest BCUT2D eigenvalue weighted by molar-refractivity contribution is 7.92. The molecule has 1 aromatic heterocycles. The van der Waals surface area contributed by atoms with Crippen molar-refractivity contribution in [1.82, 2.24) is 9.97 Å². The molecule has 2 aromatic carbocycles. The molecule has 164 valence electrons. The first-order valence-corrected chi connectivity index (χ1v) is 10.3. The van der Waals surface area contributed by atoms with Gasteiger partial charge in [0.2, 0.25) is 5.95 Å². The maximum absolute atomic E-state index is 12.5. The van der Waals surface area contributed by atoms with Crippen LogP contribution in [0.4, 0.5) is 23.0 Å². The minimum Gasteiger partial charge on any atom is -0.322 e. The molecule has 0 aliphatic carbocycles. The van der Waals surface area contributed by atoms with Crippen LogP contribution in [0.3, 0.4) is 0 Å². The van der Waals surface area contributed by atoms with E-state index in [1.807, 2.05) is 0 Å². The smallest absolute Gasteiger partial charge is 0.295 e. The number of sulfonamides is 1. The number of anilines is 2. The van der Waals surface area contributed by atoms with Gasteiger partial charge in [0.05, 0.1) is 20.3 Å². The number of carbonyl (C=O) groups excluding carboxylic acids is 1. The highest BCUT2D eigenvalue weighted by Crippen LogP contribution is 2.35. The molecule has 0 fully saturated rings. The highest BCUT2D eigenvalue weighted by atomic mass is 35.5. The molecule has 0 saturated heterocycles. The van der Waals surface area contributed by atoms with Crippen molar-refractivity contribution in [2.45, 2.75) is 4.90 Å². The average molecular weight is 479 g/mol. The summed E-state index contributed by atoms with van der Waals surface area (Å²) in [5, 5.41) is 23.8. The molecule has 3 rings (SSSR count). The second kappa shape index (κ2) is 8.91. The zero-order valence-corrected chi connectivity index (χ0v) is 17.2. The second-order valence-electron chi connectivity index (χ2n) is 6.00. The van der Waals surface area contributed by atoms with Gasteiger partial charge in [0.15, 0.2) is 5.02 Å². The summed E-state index contributed by atoms with van der Waals surface area (Å²) < 4.78 is 26.9. The number of benzene rings is 2. The van der Waals surface area contributed by atoms with E-state index >= 15 is 0 Å². The molecule has 1 amide bonds. The van der Waals surface area contributed by atoms with E-state index < -0.39 is 42.2 Å². The van der Waals surface area contributed by atoms with Crippen molar-refractivity contribution in [2.75, 3.05) is 10.0 Å². The number of nitrogens with one attached hydrogen (secondary N) is 2. The van der Waals surface area contributed by atoms with Crippen molar-refractivity contribution < 1.29 is 23.1 Å². The molecule has 0 aliphatic heterocycles. The normalized spacial score (nSPS) is 10.9. The van der Waals surface area contributed by atoms with E-state index in [9.17, 15) is 33.4 Å². The van der Waals surface area contributed by atoms with Crippen LogP contribution in [-0.4, -0.2) is 34.1 Å². The summed E-state index contributed by atoms with van der Waals surface area (Å²) in [6.07, 6.45) is 2.71. The number of amides is 1. The van der Waals surface area contributed by atoms with Crippen molar-refractivity contribution in [3.63, 3.8) is 0 Å². The van der Waals surface area contributed by atoms with Crippen molar-refractivity contribution in [3.05, 3.63) is 85.7 Å². The number of halogens is 1. The molecule has 0 radical (unpaired) electrons. The van der Waals surface area contributed by atoms with Crippen molar-refractivity contribution in [1.29, 1.82) is 0 Å². The highest BCUT2D eigenvalue weighted by Gasteiger charge is 2.27. The molecule has 3 aromatic rings. The summed E-state index contributed by atoms with van der Waals surface area (Å²) in [4.78, 5) is 40.1. The van der Waals surface area contributed by atoms with Gasteiger partial charge in [-0.1, -0.05) is 11.6 Å². The molecule has 0 aliphatic rings. The Labute approximate surface area is 184 Å². The molecular formula is C17H11ClN6O7S. The lowest BCUT2D eigenvalue weighted by Gasteiger charge is -2.09. The lowest BCUT2D eigenvalue weighted by Crippen LogP contribution is -2.15. The number of aromatic nitrogens is 2. The Balaban J connectivity index is 1.82. The third kappa shape index (κ3) is 4.93. The van der Waals surface area contributed by atoms with Gasteiger partial charge in [-0.05, 0) is 30.3 Å². The maximum atomic E-state index is 12.5. The fourth-order valence-electron chi connectivity index (χ4n) is 2.44. The molecule has 0 spiro atoms. The summed E-state index contributed by atoms with van der Waals surface area (Å²) in [6.45, 7) is 0. The van der Waals surface area contributed by atoms with Gasteiger partial charge >= 0.3 is 0 Å². The molecule has 0 bridgehead atoms. The first kappa shape index (κ1) is 22.5. The Bertz CT molecular complexity index is 1280. The molecule has 0 unspecified atom stereocenters. The third-order valence-corrected chi connectivity index (χ3v) is 5.64. The van der Waals surface area contributed by atoms with Gasteiger partial charge in [-0.15, -0.1) is 0 Å². The van der Waals surface area contributed by atoms with Crippen LogP contribution in [0.25, 0.3) is 0 Å². The van der Waals surface area contributed by atoms with Gasteiger partial charge < -0.3 is 5.32 Å². The van der Waals surface area contributed by atoms with Crippen LogP contribution in [0.2, 0.25) is 5.02 Å². The number of carbonyl (C=O) groups is 1. The fraction of sp³-hybridized carbons (Fsp3) is 0. The topological polar surface area (TPSA) is 187 Å². The molecule has 0 atom stereocenters. The predicted octanol–water partition coefficient (Wildman–Crippen LogP) is 3.00. The van der Waals surface area contributed by atoms with Crippen molar-refractivity contribution in [2.24, 2.45) is 0 Å². The Kier molecular flexibility index (Phi) is 6.27. The van der Waals surface area contributed by atoms with Crippen LogP contribution in [0.1, 0.15) is 10.4 Å². The van der Waals surface area contributed by atoms with Gasteiger partial charge in [0.1, 0.15) is 0 Å². The van der Waals surface area contributed by atoms with Gasteiger partial charge in [-0.25, -0.2) is 23.1 Å². The monoisotopic (exact) mass is 478 g/mol. The standard InChI is InChI=1S/C17H11ClN6O7S/c18-15-13(23(26)27)8-10(9-14(15)24(28)29)16(25)21-11-2-4-12(5-3-11)32(30,31)22-17-19-6-1-7-20-17/h1-9H,(H,21,25)(H,19,20,22). The number of hydrogen-bond acceptors (Lipinski definition) is 9. The summed E-state index contributed by atoms with van der Waals surface area (Å²) in [5.41, 5.74) is -1.86. The van der Waals surface area contributed by atoms with Crippen molar-refractivity contribution >= 4 is 50.5 Å². The van der Waals surface area contributed by atoms with E-state index in [1.54, 1.807) is 0 Å². The first-order chi connectivity index (χ1) is 15.1.